The summed E-state index contributed by atoms with van der Waals surface area (Å²) in [5, 5.41) is 0. The van der Waals surface area contributed by atoms with Gasteiger partial charge in [0.25, 0.3) is 0 Å². The maximum atomic E-state index is 12.3. The van der Waals surface area contributed by atoms with Crippen LogP contribution in [0.1, 0.15) is 30.9 Å². The van der Waals surface area contributed by atoms with E-state index >= 15 is 0 Å². The molecule has 0 aromatic heterocycles. The number of carbonyl (C=O) groups is 1. The average molecular weight is 248 g/mol. The maximum Gasteiger partial charge on any atom is 0.166 e. The Bertz CT molecular complexity index is 369. The van der Waals surface area contributed by atoms with Crippen molar-refractivity contribution in [1.29, 1.82) is 0 Å². The Balaban J connectivity index is 1.97. The largest absolute Gasteiger partial charge is 0.381 e. The average Bonchev–Trinajstić information content (AvgIpc) is 2.42. The molecule has 2 rings (SSSR count). The highest BCUT2D eigenvalue weighted by Gasteiger charge is 2.24. The Kier molecular flexibility index (Phi) is 4.90. The molecule has 3 nitrogen and oxygen atoms in total. The first kappa shape index (κ1) is 13.2. The summed E-state index contributed by atoms with van der Waals surface area (Å²) >= 11 is 0. The summed E-state index contributed by atoms with van der Waals surface area (Å²) < 4.78 is 10.7. The zero-order valence-corrected chi connectivity index (χ0v) is 10.8. The van der Waals surface area contributed by atoms with Crippen LogP contribution in [0.3, 0.4) is 0 Å². The predicted molar refractivity (Wildman–Crippen MR) is 69.4 cm³/mol. The fraction of sp³-hybridized carbons (Fsp3) is 0.533. The maximum absolute atomic E-state index is 12.3. The monoisotopic (exact) mass is 248 g/mol. The third kappa shape index (κ3) is 3.40. The molecule has 0 spiro atoms. The lowest BCUT2D eigenvalue weighted by molar-refractivity contribution is -0.130. The van der Waals surface area contributed by atoms with Gasteiger partial charge in [-0.2, -0.15) is 0 Å². The van der Waals surface area contributed by atoms with E-state index in [0.717, 1.165) is 31.6 Å². The third-order valence-corrected chi connectivity index (χ3v) is 3.46. The third-order valence-electron chi connectivity index (χ3n) is 3.46. The van der Waals surface area contributed by atoms with Crippen molar-refractivity contribution in [3.05, 3.63) is 35.9 Å². The highest BCUT2D eigenvalue weighted by molar-refractivity contribution is 5.84. The van der Waals surface area contributed by atoms with Gasteiger partial charge >= 0.3 is 0 Å². The molecule has 1 saturated heterocycles. The number of benzene rings is 1. The molecule has 1 aromatic rings. The van der Waals surface area contributed by atoms with Crippen molar-refractivity contribution in [2.75, 3.05) is 20.3 Å². The summed E-state index contributed by atoms with van der Waals surface area (Å²) in [7, 11) is 1.60. The van der Waals surface area contributed by atoms with Crippen LogP contribution in [0.4, 0.5) is 0 Å². The number of ether oxygens (including phenoxy) is 2. The van der Waals surface area contributed by atoms with E-state index in [4.69, 9.17) is 9.47 Å². The fourth-order valence-corrected chi connectivity index (χ4v) is 2.42. The molecule has 0 bridgehead atoms. The smallest absolute Gasteiger partial charge is 0.166 e. The Hall–Kier alpha value is -1.19. The summed E-state index contributed by atoms with van der Waals surface area (Å²) in [5.74, 6) is 0.628. The van der Waals surface area contributed by atoms with Crippen molar-refractivity contribution in [2.45, 2.75) is 25.4 Å². The van der Waals surface area contributed by atoms with Crippen LogP contribution in [-0.4, -0.2) is 26.1 Å². The van der Waals surface area contributed by atoms with E-state index in [1.807, 2.05) is 30.3 Å². The van der Waals surface area contributed by atoms with Crippen LogP contribution in [0.25, 0.3) is 0 Å². The Morgan fingerprint density at radius 1 is 1.33 bits per heavy atom. The molecule has 3 heteroatoms. The summed E-state index contributed by atoms with van der Waals surface area (Å²) in [6.07, 6.45) is 2.14. The Morgan fingerprint density at radius 2 is 2.00 bits per heavy atom. The van der Waals surface area contributed by atoms with Gasteiger partial charge in [0.1, 0.15) is 6.10 Å². The van der Waals surface area contributed by atoms with Gasteiger partial charge in [-0.05, 0) is 24.3 Å². The van der Waals surface area contributed by atoms with Crippen molar-refractivity contribution >= 4 is 5.78 Å². The molecule has 1 aliphatic rings. The van der Waals surface area contributed by atoms with E-state index in [0.29, 0.717) is 12.3 Å². The van der Waals surface area contributed by atoms with Gasteiger partial charge in [0.05, 0.1) is 0 Å². The lowest BCUT2D eigenvalue weighted by Crippen LogP contribution is -2.22. The Labute approximate surface area is 108 Å². The minimum Gasteiger partial charge on any atom is -0.381 e. The van der Waals surface area contributed by atoms with Crippen LogP contribution < -0.4 is 0 Å². The summed E-state index contributed by atoms with van der Waals surface area (Å²) in [6.45, 7) is 1.56. The predicted octanol–water partition coefficient (Wildman–Crippen LogP) is 2.76. The van der Waals surface area contributed by atoms with Gasteiger partial charge < -0.3 is 9.47 Å². The standard InChI is InChI=1S/C15H20O3/c1-17-15(13-5-3-2-4-6-13)14(16)11-12-7-9-18-10-8-12/h2-6,12,15H,7-11H2,1H3. The molecule has 0 amide bonds. The van der Waals surface area contributed by atoms with Gasteiger partial charge in [-0.3, -0.25) is 4.79 Å². The number of carbonyl (C=O) groups excluding carboxylic acids is 1. The molecule has 0 radical (unpaired) electrons. The summed E-state index contributed by atoms with van der Waals surface area (Å²) in [5.41, 5.74) is 0.942. The quantitative estimate of drug-likeness (QED) is 0.803. The highest BCUT2D eigenvalue weighted by Crippen LogP contribution is 2.25. The van der Waals surface area contributed by atoms with E-state index in [1.54, 1.807) is 7.11 Å². The van der Waals surface area contributed by atoms with Gasteiger partial charge in [-0.1, -0.05) is 30.3 Å². The second-order valence-electron chi connectivity index (χ2n) is 4.75. The number of methoxy groups -OCH3 is 1. The van der Waals surface area contributed by atoms with E-state index in [9.17, 15) is 4.79 Å². The minimum absolute atomic E-state index is 0.176. The minimum atomic E-state index is -0.422. The van der Waals surface area contributed by atoms with Gasteiger partial charge in [0.15, 0.2) is 5.78 Å². The van der Waals surface area contributed by atoms with Crippen molar-refractivity contribution in [3.63, 3.8) is 0 Å². The highest BCUT2D eigenvalue weighted by atomic mass is 16.5. The van der Waals surface area contributed by atoms with E-state index in [2.05, 4.69) is 0 Å². The summed E-state index contributed by atoms with van der Waals surface area (Å²) in [4.78, 5) is 12.3. The van der Waals surface area contributed by atoms with E-state index < -0.39 is 6.10 Å². The molecule has 18 heavy (non-hydrogen) atoms. The number of ketones is 1. The van der Waals surface area contributed by atoms with Crippen LogP contribution >= 0.6 is 0 Å². The molecule has 0 N–H and O–H groups in total. The first-order valence-corrected chi connectivity index (χ1v) is 6.49. The molecule has 1 aromatic carbocycles. The van der Waals surface area contributed by atoms with Gasteiger partial charge in [0, 0.05) is 26.7 Å². The first-order valence-electron chi connectivity index (χ1n) is 6.49. The van der Waals surface area contributed by atoms with Crippen molar-refractivity contribution < 1.29 is 14.3 Å². The number of rotatable bonds is 5. The van der Waals surface area contributed by atoms with Crippen molar-refractivity contribution in [1.82, 2.24) is 0 Å². The fourth-order valence-electron chi connectivity index (χ4n) is 2.42. The molecule has 1 atom stereocenters. The molecule has 0 aliphatic carbocycles. The lowest BCUT2D eigenvalue weighted by atomic mass is 9.91. The van der Waals surface area contributed by atoms with Crippen LogP contribution in [0.5, 0.6) is 0 Å². The number of Topliss-reactive ketones (excluding diaryl/α,β-unsaturated/α-hetero) is 1. The molecule has 1 aliphatic heterocycles. The zero-order valence-electron chi connectivity index (χ0n) is 10.8. The number of hydrogen-bond acceptors (Lipinski definition) is 3. The van der Waals surface area contributed by atoms with Crippen LogP contribution in [-0.2, 0) is 14.3 Å². The molecular weight excluding hydrogens is 228 g/mol. The number of hydrogen-bond donors (Lipinski definition) is 0. The van der Waals surface area contributed by atoms with E-state index in [-0.39, 0.29) is 5.78 Å². The molecular formula is C15H20O3. The normalized spacial score (nSPS) is 18.5. The van der Waals surface area contributed by atoms with Crippen LogP contribution in [0.2, 0.25) is 0 Å². The van der Waals surface area contributed by atoms with Crippen LogP contribution in [0, 0.1) is 5.92 Å². The molecule has 0 saturated carbocycles. The van der Waals surface area contributed by atoms with E-state index in [1.165, 1.54) is 0 Å². The Morgan fingerprint density at radius 3 is 2.61 bits per heavy atom. The lowest BCUT2D eigenvalue weighted by Gasteiger charge is -2.23. The molecule has 1 heterocycles. The zero-order chi connectivity index (χ0) is 12.8. The van der Waals surface area contributed by atoms with Gasteiger partial charge in [-0.15, -0.1) is 0 Å². The first-order chi connectivity index (χ1) is 8.81. The molecule has 98 valence electrons. The SMILES string of the molecule is COC(C(=O)CC1CCOCC1)c1ccccc1. The van der Waals surface area contributed by atoms with Crippen molar-refractivity contribution in [3.8, 4) is 0 Å². The molecule has 1 fully saturated rings. The second kappa shape index (κ2) is 6.66. The molecule has 1 unspecified atom stereocenters. The summed E-state index contributed by atoms with van der Waals surface area (Å²) in [6, 6.07) is 9.69. The van der Waals surface area contributed by atoms with Crippen molar-refractivity contribution in [2.24, 2.45) is 5.92 Å². The van der Waals surface area contributed by atoms with Gasteiger partial charge in [0.2, 0.25) is 0 Å². The van der Waals surface area contributed by atoms with Crippen LogP contribution in [0.15, 0.2) is 30.3 Å². The topological polar surface area (TPSA) is 35.5 Å². The second-order valence-corrected chi connectivity index (χ2v) is 4.75. The van der Waals surface area contributed by atoms with Gasteiger partial charge in [-0.25, -0.2) is 0 Å².